The average Bonchev–Trinajstić information content (AvgIpc) is 2.68. The van der Waals surface area contributed by atoms with Crippen molar-refractivity contribution in [1.82, 2.24) is 0 Å². The van der Waals surface area contributed by atoms with Crippen LogP contribution in [0.25, 0.3) is 0 Å². The smallest absolute Gasteiger partial charge is 0.305 e. The van der Waals surface area contributed by atoms with E-state index < -0.39 is 0 Å². The highest BCUT2D eigenvalue weighted by molar-refractivity contribution is 5.69. The molecule has 1 aliphatic rings. The zero-order valence-corrected chi connectivity index (χ0v) is 8.96. The number of carbonyl (C=O) groups is 1. The highest BCUT2D eigenvalue weighted by atomic mass is 16.5. The minimum atomic E-state index is -0.0750. The maximum Gasteiger partial charge on any atom is 0.305 e. The predicted molar refractivity (Wildman–Crippen MR) is 54.1 cm³/mol. The third-order valence-corrected chi connectivity index (χ3v) is 2.46. The van der Waals surface area contributed by atoms with E-state index in [0.717, 1.165) is 38.7 Å². The molecule has 1 saturated heterocycles. The van der Waals surface area contributed by atoms with Gasteiger partial charge in [-0.25, -0.2) is 0 Å². The van der Waals surface area contributed by atoms with E-state index in [4.69, 9.17) is 9.47 Å². The zero-order valence-electron chi connectivity index (χ0n) is 8.96. The number of hydrogen-bond donors (Lipinski definition) is 0. The lowest BCUT2D eigenvalue weighted by Crippen LogP contribution is -2.11. The van der Waals surface area contributed by atoms with Gasteiger partial charge in [0.15, 0.2) is 0 Å². The van der Waals surface area contributed by atoms with Crippen molar-refractivity contribution in [3.63, 3.8) is 0 Å². The molecule has 1 unspecified atom stereocenters. The van der Waals surface area contributed by atoms with Gasteiger partial charge in [-0.2, -0.15) is 0 Å². The molecule has 0 bridgehead atoms. The minimum Gasteiger partial charge on any atom is -0.466 e. The van der Waals surface area contributed by atoms with Crippen LogP contribution in [0, 0.1) is 0 Å². The van der Waals surface area contributed by atoms with Crippen molar-refractivity contribution in [1.29, 1.82) is 0 Å². The van der Waals surface area contributed by atoms with Crippen molar-refractivity contribution in [2.45, 2.75) is 51.6 Å². The third-order valence-electron chi connectivity index (χ3n) is 2.46. The Balaban J connectivity index is 1.96. The molecule has 1 rings (SSSR count). The maximum absolute atomic E-state index is 11.2. The van der Waals surface area contributed by atoms with E-state index in [0.29, 0.717) is 19.1 Å². The van der Waals surface area contributed by atoms with Crippen LogP contribution in [0.1, 0.15) is 45.4 Å². The summed E-state index contributed by atoms with van der Waals surface area (Å²) < 4.78 is 10.5. The first-order valence-corrected chi connectivity index (χ1v) is 5.60. The lowest BCUT2D eigenvalue weighted by atomic mass is 10.1. The molecule has 0 radical (unpaired) electrons. The zero-order chi connectivity index (χ0) is 10.2. The topological polar surface area (TPSA) is 35.5 Å². The van der Waals surface area contributed by atoms with Crippen LogP contribution in [0.15, 0.2) is 0 Å². The van der Waals surface area contributed by atoms with Gasteiger partial charge in [0.05, 0.1) is 12.7 Å². The fraction of sp³-hybridized carbons (Fsp3) is 0.909. The Kier molecular flexibility index (Phi) is 5.60. The van der Waals surface area contributed by atoms with E-state index in [1.807, 2.05) is 0 Å². The molecule has 0 aliphatic carbocycles. The second-order valence-corrected chi connectivity index (χ2v) is 3.75. The lowest BCUT2D eigenvalue weighted by Gasteiger charge is -2.08. The first kappa shape index (κ1) is 11.5. The van der Waals surface area contributed by atoms with Crippen LogP contribution in [0.4, 0.5) is 0 Å². The van der Waals surface area contributed by atoms with Crippen LogP contribution in [0.5, 0.6) is 0 Å². The largest absolute Gasteiger partial charge is 0.466 e. The molecule has 1 fully saturated rings. The normalized spacial score (nSPS) is 21.1. The molecular weight excluding hydrogens is 180 g/mol. The molecule has 3 heteroatoms. The minimum absolute atomic E-state index is 0.0750. The standard InChI is InChI=1S/C11H20O3/c1-2-3-8-14-11(12)7-6-10-5-4-9-13-10/h10H,2-9H2,1H3. The summed E-state index contributed by atoms with van der Waals surface area (Å²) in [5.74, 6) is -0.0750. The summed E-state index contributed by atoms with van der Waals surface area (Å²) in [6, 6.07) is 0. The number of unbranched alkanes of at least 4 members (excludes halogenated alkanes) is 1. The van der Waals surface area contributed by atoms with Gasteiger partial charge in [-0.3, -0.25) is 4.79 Å². The van der Waals surface area contributed by atoms with Crippen molar-refractivity contribution >= 4 is 5.97 Å². The van der Waals surface area contributed by atoms with Crippen molar-refractivity contribution in [3.05, 3.63) is 0 Å². The molecule has 0 spiro atoms. The predicted octanol–water partition coefficient (Wildman–Crippen LogP) is 2.29. The Morgan fingerprint density at radius 2 is 2.43 bits per heavy atom. The van der Waals surface area contributed by atoms with Crippen LogP contribution in [0.3, 0.4) is 0 Å². The Bertz CT molecular complexity index is 162. The summed E-state index contributed by atoms with van der Waals surface area (Å²) >= 11 is 0. The molecule has 0 aromatic heterocycles. The van der Waals surface area contributed by atoms with Gasteiger partial charge in [-0.05, 0) is 25.7 Å². The van der Waals surface area contributed by atoms with E-state index in [-0.39, 0.29) is 5.97 Å². The average molecular weight is 200 g/mol. The van der Waals surface area contributed by atoms with Crippen molar-refractivity contribution in [2.24, 2.45) is 0 Å². The van der Waals surface area contributed by atoms with Crippen LogP contribution in [-0.4, -0.2) is 25.3 Å². The Labute approximate surface area is 85.8 Å². The summed E-state index contributed by atoms with van der Waals surface area (Å²) in [5.41, 5.74) is 0. The van der Waals surface area contributed by atoms with Crippen LogP contribution >= 0.6 is 0 Å². The summed E-state index contributed by atoms with van der Waals surface area (Å²) in [6.45, 7) is 3.51. The molecule has 82 valence electrons. The molecule has 14 heavy (non-hydrogen) atoms. The van der Waals surface area contributed by atoms with E-state index in [2.05, 4.69) is 6.92 Å². The van der Waals surface area contributed by atoms with E-state index in [1.165, 1.54) is 0 Å². The molecule has 3 nitrogen and oxygen atoms in total. The second-order valence-electron chi connectivity index (χ2n) is 3.75. The molecule has 1 atom stereocenters. The molecule has 0 aromatic carbocycles. The van der Waals surface area contributed by atoms with E-state index >= 15 is 0 Å². The third kappa shape index (κ3) is 4.61. The first-order valence-electron chi connectivity index (χ1n) is 5.60. The summed E-state index contributed by atoms with van der Waals surface area (Å²) in [5, 5.41) is 0. The quantitative estimate of drug-likeness (QED) is 0.487. The molecule has 0 aromatic rings. The van der Waals surface area contributed by atoms with Gasteiger partial charge >= 0.3 is 5.97 Å². The fourth-order valence-corrected chi connectivity index (χ4v) is 1.55. The summed E-state index contributed by atoms with van der Waals surface area (Å²) in [4.78, 5) is 11.2. The van der Waals surface area contributed by atoms with Crippen molar-refractivity contribution < 1.29 is 14.3 Å². The van der Waals surface area contributed by atoms with Crippen molar-refractivity contribution in [3.8, 4) is 0 Å². The SMILES string of the molecule is CCCCOC(=O)CCC1CCCO1. The maximum atomic E-state index is 11.2. The molecular formula is C11H20O3. The highest BCUT2D eigenvalue weighted by Gasteiger charge is 2.16. The van der Waals surface area contributed by atoms with Gasteiger partial charge in [-0.15, -0.1) is 0 Å². The van der Waals surface area contributed by atoms with Crippen LogP contribution in [0.2, 0.25) is 0 Å². The van der Waals surface area contributed by atoms with Gasteiger partial charge in [-0.1, -0.05) is 13.3 Å². The highest BCUT2D eigenvalue weighted by Crippen LogP contribution is 2.16. The molecule has 0 N–H and O–H groups in total. The number of carbonyl (C=O) groups excluding carboxylic acids is 1. The molecule has 0 saturated carbocycles. The van der Waals surface area contributed by atoms with Gasteiger partial charge in [0, 0.05) is 13.0 Å². The fourth-order valence-electron chi connectivity index (χ4n) is 1.55. The first-order chi connectivity index (χ1) is 6.83. The number of ether oxygens (including phenoxy) is 2. The van der Waals surface area contributed by atoms with Gasteiger partial charge in [0.1, 0.15) is 0 Å². The molecule has 1 aliphatic heterocycles. The van der Waals surface area contributed by atoms with Gasteiger partial charge in [0.25, 0.3) is 0 Å². The number of esters is 1. The Hall–Kier alpha value is -0.570. The van der Waals surface area contributed by atoms with Gasteiger partial charge in [0.2, 0.25) is 0 Å². The summed E-state index contributed by atoms with van der Waals surface area (Å²) in [6.07, 6.45) is 5.90. The molecule has 0 amide bonds. The van der Waals surface area contributed by atoms with Crippen LogP contribution in [-0.2, 0) is 14.3 Å². The van der Waals surface area contributed by atoms with Crippen LogP contribution < -0.4 is 0 Å². The second kappa shape index (κ2) is 6.82. The number of rotatable bonds is 6. The lowest BCUT2D eigenvalue weighted by molar-refractivity contribution is -0.144. The monoisotopic (exact) mass is 200 g/mol. The Morgan fingerprint density at radius 1 is 1.57 bits per heavy atom. The van der Waals surface area contributed by atoms with Crippen molar-refractivity contribution in [2.75, 3.05) is 13.2 Å². The number of hydrogen-bond acceptors (Lipinski definition) is 3. The van der Waals surface area contributed by atoms with Gasteiger partial charge < -0.3 is 9.47 Å². The summed E-state index contributed by atoms with van der Waals surface area (Å²) in [7, 11) is 0. The molecule has 1 heterocycles. The van der Waals surface area contributed by atoms with E-state index in [1.54, 1.807) is 0 Å². The Morgan fingerprint density at radius 3 is 3.07 bits per heavy atom. The van der Waals surface area contributed by atoms with E-state index in [9.17, 15) is 4.79 Å².